The fourth-order valence-corrected chi connectivity index (χ4v) is 2.30. The van der Waals surface area contributed by atoms with Crippen LogP contribution in [0.5, 0.6) is 0 Å². The first-order valence-corrected chi connectivity index (χ1v) is 7.83. The average Bonchev–Trinajstić information content (AvgIpc) is 2.62. The van der Waals surface area contributed by atoms with Crippen LogP contribution in [0, 0.1) is 17.0 Å². The van der Waals surface area contributed by atoms with Crippen LogP contribution < -0.4 is 5.32 Å². The molecule has 0 spiro atoms. The molecule has 0 heterocycles. The molecule has 7 heteroatoms. The van der Waals surface area contributed by atoms with Crippen molar-refractivity contribution in [2.75, 3.05) is 19.8 Å². The molecule has 0 radical (unpaired) electrons. The molecule has 0 aromatic heterocycles. The van der Waals surface area contributed by atoms with Gasteiger partial charge in [-0.2, -0.15) is 0 Å². The molecular weight excluding hydrogens is 324 g/mol. The van der Waals surface area contributed by atoms with E-state index in [1.165, 1.54) is 24.3 Å². The number of non-ortho nitro benzene ring substituents is 1. The molecule has 2 N–H and O–H groups in total. The van der Waals surface area contributed by atoms with Crippen LogP contribution in [0.1, 0.15) is 27.6 Å². The lowest BCUT2D eigenvalue weighted by molar-refractivity contribution is -0.384. The highest BCUT2D eigenvalue weighted by molar-refractivity contribution is 5.94. The summed E-state index contributed by atoms with van der Waals surface area (Å²) in [4.78, 5) is 22.5. The summed E-state index contributed by atoms with van der Waals surface area (Å²) in [6, 6.07) is 13.2. The molecule has 1 amide bonds. The molecule has 0 fully saturated rings. The molecule has 0 aliphatic heterocycles. The Labute approximate surface area is 145 Å². The Morgan fingerprint density at radius 3 is 2.64 bits per heavy atom. The molecule has 7 nitrogen and oxygen atoms in total. The Kier molecular flexibility index (Phi) is 6.62. The number of benzene rings is 2. The zero-order chi connectivity index (χ0) is 18.2. The van der Waals surface area contributed by atoms with Crippen LogP contribution in [0.4, 0.5) is 5.69 Å². The number of hydrogen-bond acceptors (Lipinski definition) is 5. The van der Waals surface area contributed by atoms with Gasteiger partial charge < -0.3 is 15.2 Å². The first kappa shape index (κ1) is 18.6. The van der Waals surface area contributed by atoms with E-state index in [1.54, 1.807) is 0 Å². The van der Waals surface area contributed by atoms with Crippen molar-refractivity contribution < 1.29 is 19.6 Å². The van der Waals surface area contributed by atoms with Gasteiger partial charge in [-0.25, -0.2) is 0 Å². The Hall–Kier alpha value is -2.77. The topological polar surface area (TPSA) is 102 Å². The number of aryl methyl sites for hydroxylation is 1. The molecule has 2 aromatic carbocycles. The number of carbonyl (C=O) groups is 1. The number of hydrogen-bond donors (Lipinski definition) is 2. The second-order valence-electron chi connectivity index (χ2n) is 5.51. The first-order chi connectivity index (χ1) is 12.0. The number of aliphatic hydroxyl groups is 1. The Bertz CT molecular complexity index is 731. The number of ether oxygens (including phenoxy) is 1. The summed E-state index contributed by atoms with van der Waals surface area (Å²) in [5.74, 6) is -0.423. The van der Waals surface area contributed by atoms with Gasteiger partial charge >= 0.3 is 0 Å². The van der Waals surface area contributed by atoms with Crippen molar-refractivity contribution in [3.63, 3.8) is 0 Å². The highest BCUT2D eigenvalue weighted by Gasteiger charge is 2.16. The van der Waals surface area contributed by atoms with Gasteiger partial charge in [0, 0.05) is 24.2 Å². The molecule has 1 unspecified atom stereocenters. The molecule has 2 rings (SSSR count). The van der Waals surface area contributed by atoms with Gasteiger partial charge in [0.2, 0.25) is 0 Å². The number of rotatable bonds is 8. The molecule has 0 saturated heterocycles. The number of carbonyl (C=O) groups excluding carboxylic acids is 1. The standard InChI is InChI=1S/C18H20N2O5/c1-13-5-7-14(8-6-13)17(25-10-9-21)12-19-18(22)15-3-2-4-16(11-15)20(23)24/h2-8,11,17,21H,9-10,12H2,1H3,(H,19,22). The number of nitrogens with one attached hydrogen (secondary N) is 1. The highest BCUT2D eigenvalue weighted by Crippen LogP contribution is 2.18. The van der Waals surface area contributed by atoms with Gasteiger partial charge in [0.25, 0.3) is 11.6 Å². The lowest BCUT2D eigenvalue weighted by Crippen LogP contribution is -2.30. The third kappa shape index (κ3) is 5.37. The van der Waals surface area contributed by atoms with Gasteiger partial charge in [0.1, 0.15) is 0 Å². The van der Waals surface area contributed by atoms with E-state index in [2.05, 4.69) is 5.32 Å². The summed E-state index contributed by atoms with van der Waals surface area (Å²) in [7, 11) is 0. The molecule has 132 valence electrons. The van der Waals surface area contributed by atoms with Crippen LogP contribution >= 0.6 is 0 Å². The third-order valence-electron chi connectivity index (χ3n) is 3.63. The van der Waals surface area contributed by atoms with Crippen LogP contribution in [0.25, 0.3) is 0 Å². The summed E-state index contributed by atoms with van der Waals surface area (Å²) in [6.07, 6.45) is -0.421. The number of amides is 1. The summed E-state index contributed by atoms with van der Waals surface area (Å²) in [5, 5.41) is 22.5. The van der Waals surface area contributed by atoms with Crippen LogP contribution in [0.15, 0.2) is 48.5 Å². The van der Waals surface area contributed by atoms with Crippen molar-refractivity contribution in [3.05, 3.63) is 75.3 Å². The zero-order valence-electron chi connectivity index (χ0n) is 13.8. The van der Waals surface area contributed by atoms with E-state index in [4.69, 9.17) is 9.84 Å². The fourth-order valence-electron chi connectivity index (χ4n) is 2.30. The van der Waals surface area contributed by atoms with E-state index < -0.39 is 16.9 Å². The summed E-state index contributed by atoms with van der Waals surface area (Å²) in [6.45, 7) is 2.18. The second kappa shape index (κ2) is 8.91. The van der Waals surface area contributed by atoms with E-state index >= 15 is 0 Å². The zero-order valence-corrected chi connectivity index (χ0v) is 13.8. The Balaban J connectivity index is 2.06. The summed E-state index contributed by atoms with van der Waals surface area (Å²) >= 11 is 0. The molecule has 25 heavy (non-hydrogen) atoms. The number of nitro benzene ring substituents is 1. The maximum absolute atomic E-state index is 12.2. The fraction of sp³-hybridized carbons (Fsp3) is 0.278. The molecule has 0 aliphatic rings. The van der Waals surface area contributed by atoms with Gasteiger partial charge in [-0.1, -0.05) is 35.9 Å². The van der Waals surface area contributed by atoms with Crippen molar-refractivity contribution in [1.29, 1.82) is 0 Å². The molecule has 1 atom stereocenters. The molecule has 2 aromatic rings. The van der Waals surface area contributed by atoms with Crippen molar-refractivity contribution in [1.82, 2.24) is 5.32 Å². The SMILES string of the molecule is Cc1ccc(C(CNC(=O)c2cccc([N+](=O)[O-])c2)OCCO)cc1. The monoisotopic (exact) mass is 344 g/mol. The van der Waals surface area contributed by atoms with Crippen LogP contribution in [-0.4, -0.2) is 35.7 Å². The van der Waals surface area contributed by atoms with Crippen LogP contribution in [0.3, 0.4) is 0 Å². The first-order valence-electron chi connectivity index (χ1n) is 7.83. The van der Waals surface area contributed by atoms with Gasteiger partial charge in [0.15, 0.2) is 0 Å². The van der Waals surface area contributed by atoms with Gasteiger partial charge in [0.05, 0.1) is 24.2 Å². The van der Waals surface area contributed by atoms with Gasteiger partial charge in [-0.05, 0) is 18.6 Å². The van der Waals surface area contributed by atoms with E-state index in [9.17, 15) is 14.9 Å². The minimum atomic E-state index is -0.545. The van der Waals surface area contributed by atoms with Crippen molar-refractivity contribution in [2.24, 2.45) is 0 Å². The van der Waals surface area contributed by atoms with E-state index in [-0.39, 0.29) is 31.0 Å². The highest BCUT2D eigenvalue weighted by atomic mass is 16.6. The van der Waals surface area contributed by atoms with Gasteiger partial charge in [-0.3, -0.25) is 14.9 Å². The predicted octanol–water partition coefficient (Wildman–Crippen LogP) is 2.38. The smallest absolute Gasteiger partial charge is 0.270 e. The Morgan fingerprint density at radius 1 is 1.28 bits per heavy atom. The minimum absolute atomic E-state index is 0.124. The third-order valence-corrected chi connectivity index (χ3v) is 3.63. The predicted molar refractivity (Wildman–Crippen MR) is 92.4 cm³/mol. The van der Waals surface area contributed by atoms with E-state index in [1.807, 2.05) is 31.2 Å². The maximum atomic E-state index is 12.2. The molecule has 0 aliphatic carbocycles. The average molecular weight is 344 g/mol. The number of nitrogens with zero attached hydrogens (tertiary/aromatic N) is 1. The molecule has 0 saturated carbocycles. The molecular formula is C18H20N2O5. The summed E-state index contributed by atoms with van der Waals surface area (Å²) < 4.78 is 5.59. The second-order valence-corrected chi connectivity index (χ2v) is 5.51. The molecule has 0 bridgehead atoms. The quantitative estimate of drug-likeness (QED) is 0.565. The van der Waals surface area contributed by atoms with E-state index in [0.717, 1.165) is 11.1 Å². The van der Waals surface area contributed by atoms with Crippen molar-refractivity contribution >= 4 is 11.6 Å². The maximum Gasteiger partial charge on any atom is 0.270 e. The van der Waals surface area contributed by atoms with Gasteiger partial charge in [-0.15, -0.1) is 0 Å². The van der Waals surface area contributed by atoms with Crippen LogP contribution in [0.2, 0.25) is 0 Å². The number of nitro groups is 1. The Morgan fingerprint density at radius 2 is 2.00 bits per heavy atom. The summed E-state index contributed by atoms with van der Waals surface area (Å²) in [5.41, 5.74) is 2.04. The lowest BCUT2D eigenvalue weighted by Gasteiger charge is -2.19. The minimum Gasteiger partial charge on any atom is -0.394 e. The van der Waals surface area contributed by atoms with Crippen molar-refractivity contribution in [2.45, 2.75) is 13.0 Å². The lowest BCUT2D eigenvalue weighted by atomic mass is 10.1. The number of aliphatic hydroxyl groups excluding tert-OH is 1. The van der Waals surface area contributed by atoms with Crippen molar-refractivity contribution in [3.8, 4) is 0 Å². The largest absolute Gasteiger partial charge is 0.394 e. The van der Waals surface area contributed by atoms with E-state index in [0.29, 0.717) is 0 Å². The normalized spacial score (nSPS) is 11.8. The van der Waals surface area contributed by atoms with Crippen LogP contribution in [-0.2, 0) is 4.74 Å².